The quantitative estimate of drug-likeness (QED) is 0.599. The van der Waals surface area contributed by atoms with E-state index in [2.05, 4.69) is 29.1 Å². The van der Waals surface area contributed by atoms with Gasteiger partial charge in [0.2, 0.25) is 0 Å². The largest absolute Gasteiger partial charge is 0.394 e. The van der Waals surface area contributed by atoms with Crippen LogP contribution in [-0.2, 0) is 0 Å². The van der Waals surface area contributed by atoms with Crippen molar-refractivity contribution in [3.8, 4) is 0 Å². The van der Waals surface area contributed by atoms with Gasteiger partial charge >= 0.3 is 0 Å². The second-order valence-corrected chi connectivity index (χ2v) is 7.44. The Morgan fingerprint density at radius 3 is 2.76 bits per heavy atom. The summed E-state index contributed by atoms with van der Waals surface area (Å²) < 4.78 is 0. The number of aliphatic hydroxyl groups excluding tert-OH is 1. The van der Waals surface area contributed by atoms with Crippen molar-refractivity contribution < 1.29 is 5.11 Å². The van der Waals surface area contributed by atoms with Gasteiger partial charge in [-0.15, -0.1) is 0 Å². The molecule has 2 N–H and O–H groups in total. The third kappa shape index (κ3) is 4.41. The van der Waals surface area contributed by atoms with Crippen LogP contribution in [0, 0.1) is 12.8 Å². The molecule has 1 aliphatic carbocycles. The minimum absolute atomic E-state index is 0.0805. The van der Waals surface area contributed by atoms with Gasteiger partial charge in [-0.2, -0.15) is 0 Å². The molecule has 0 spiro atoms. The molecule has 4 nitrogen and oxygen atoms in total. The SMILES string of the molecule is Cc1cnc(SCCC2CCCC2(CO)NC(C)C)nc1. The lowest BCUT2D eigenvalue weighted by atomic mass is 9.85. The standard InChI is InChI=1S/C16H27N3OS/c1-12(2)19-16(11-20)7-4-5-14(16)6-8-21-15-17-9-13(3)10-18-15/h9-10,12,14,19-20H,4-8,11H2,1-3H3. The molecule has 1 aromatic heterocycles. The van der Waals surface area contributed by atoms with Crippen molar-refractivity contribution in [2.24, 2.45) is 5.92 Å². The van der Waals surface area contributed by atoms with Crippen molar-refractivity contribution in [3.63, 3.8) is 0 Å². The molecule has 1 saturated carbocycles. The summed E-state index contributed by atoms with van der Waals surface area (Å²) in [5.74, 6) is 1.55. The molecule has 118 valence electrons. The van der Waals surface area contributed by atoms with Crippen LogP contribution in [0.2, 0.25) is 0 Å². The Bertz CT molecular complexity index is 438. The van der Waals surface area contributed by atoms with Gasteiger partial charge in [-0.1, -0.05) is 32.0 Å². The number of aryl methyl sites for hydroxylation is 1. The van der Waals surface area contributed by atoms with E-state index in [4.69, 9.17) is 0 Å². The Morgan fingerprint density at radius 2 is 2.14 bits per heavy atom. The molecule has 0 saturated heterocycles. The molecular formula is C16H27N3OS. The third-order valence-corrected chi connectivity index (χ3v) is 5.18. The zero-order valence-corrected chi connectivity index (χ0v) is 14.1. The van der Waals surface area contributed by atoms with Gasteiger partial charge in [0.1, 0.15) is 0 Å². The zero-order chi connectivity index (χ0) is 15.3. The van der Waals surface area contributed by atoms with Gasteiger partial charge < -0.3 is 10.4 Å². The number of aromatic nitrogens is 2. The second kappa shape index (κ2) is 7.56. The lowest BCUT2D eigenvalue weighted by molar-refractivity contribution is 0.113. The first-order valence-corrected chi connectivity index (χ1v) is 8.84. The highest BCUT2D eigenvalue weighted by Crippen LogP contribution is 2.39. The van der Waals surface area contributed by atoms with Crippen LogP contribution >= 0.6 is 11.8 Å². The molecule has 1 heterocycles. The summed E-state index contributed by atoms with van der Waals surface area (Å²) in [6, 6.07) is 0.408. The third-order valence-electron chi connectivity index (χ3n) is 4.27. The topological polar surface area (TPSA) is 58.0 Å². The predicted molar refractivity (Wildman–Crippen MR) is 87.5 cm³/mol. The summed E-state index contributed by atoms with van der Waals surface area (Å²) in [5, 5.41) is 14.4. The summed E-state index contributed by atoms with van der Waals surface area (Å²) in [6.45, 7) is 6.55. The van der Waals surface area contributed by atoms with E-state index < -0.39 is 0 Å². The number of hydrogen-bond donors (Lipinski definition) is 2. The molecule has 21 heavy (non-hydrogen) atoms. The van der Waals surface area contributed by atoms with Crippen molar-refractivity contribution in [2.45, 2.75) is 63.2 Å². The van der Waals surface area contributed by atoms with E-state index in [1.54, 1.807) is 11.8 Å². The maximum atomic E-state index is 9.89. The van der Waals surface area contributed by atoms with Crippen molar-refractivity contribution in [1.82, 2.24) is 15.3 Å². The smallest absolute Gasteiger partial charge is 0.187 e. The minimum atomic E-state index is -0.0805. The van der Waals surface area contributed by atoms with E-state index in [-0.39, 0.29) is 12.1 Å². The van der Waals surface area contributed by atoms with Crippen LogP contribution in [0.1, 0.15) is 45.1 Å². The Labute approximate surface area is 132 Å². The lowest BCUT2D eigenvalue weighted by Gasteiger charge is -2.37. The molecule has 1 aliphatic rings. The van der Waals surface area contributed by atoms with E-state index >= 15 is 0 Å². The fourth-order valence-corrected chi connectivity index (χ4v) is 4.17. The molecule has 5 heteroatoms. The Balaban J connectivity index is 1.87. The van der Waals surface area contributed by atoms with Gasteiger partial charge in [-0.3, -0.25) is 0 Å². The first-order valence-electron chi connectivity index (χ1n) is 7.86. The molecule has 0 bridgehead atoms. The van der Waals surface area contributed by atoms with Crippen LogP contribution < -0.4 is 5.32 Å². The Kier molecular flexibility index (Phi) is 6.02. The zero-order valence-electron chi connectivity index (χ0n) is 13.3. The van der Waals surface area contributed by atoms with Crippen molar-refractivity contribution in [2.75, 3.05) is 12.4 Å². The van der Waals surface area contributed by atoms with E-state index in [1.165, 1.54) is 12.8 Å². The highest BCUT2D eigenvalue weighted by atomic mass is 32.2. The Morgan fingerprint density at radius 1 is 1.43 bits per heavy atom. The van der Waals surface area contributed by atoms with Crippen LogP contribution in [-0.4, -0.2) is 39.0 Å². The summed E-state index contributed by atoms with van der Waals surface area (Å²) in [7, 11) is 0. The van der Waals surface area contributed by atoms with Gasteiger partial charge in [0.25, 0.3) is 0 Å². The molecule has 2 rings (SSSR count). The molecular weight excluding hydrogens is 282 g/mol. The molecule has 2 atom stereocenters. The maximum Gasteiger partial charge on any atom is 0.187 e. The average Bonchev–Trinajstić information content (AvgIpc) is 2.84. The van der Waals surface area contributed by atoms with Crippen molar-refractivity contribution in [3.05, 3.63) is 18.0 Å². The fraction of sp³-hybridized carbons (Fsp3) is 0.750. The molecule has 1 aromatic rings. The summed E-state index contributed by atoms with van der Waals surface area (Å²) in [6.07, 6.45) is 8.32. The monoisotopic (exact) mass is 309 g/mol. The normalized spacial score (nSPS) is 25.7. The molecule has 0 aromatic carbocycles. The Hall–Kier alpha value is -0.650. The van der Waals surface area contributed by atoms with Crippen LogP contribution in [0.5, 0.6) is 0 Å². The first kappa shape index (κ1) is 16.7. The van der Waals surface area contributed by atoms with Gasteiger partial charge in [0.05, 0.1) is 6.61 Å². The van der Waals surface area contributed by atoms with Crippen LogP contribution in [0.25, 0.3) is 0 Å². The summed E-state index contributed by atoms with van der Waals surface area (Å²) in [5.41, 5.74) is 1.01. The van der Waals surface area contributed by atoms with Crippen LogP contribution in [0.15, 0.2) is 17.6 Å². The number of rotatable bonds is 7. The molecule has 0 aliphatic heterocycles. The predicted octanol–water partition coefficient (Wildman–Crippen LogP) is 2.80. The summed E-state index contributed by atoms with van der Waals surface area (Å²) >= 11 is 1.71. The van der Waals surface area contributed by atoms with Crippen LogP contribution in [0.4, 0.5) is 0 Å². The van der Waals surface area contributed by atoms with E-state index in [9.17, 15) is 5.11 Å². The molecule has 1 fully saturated rings. The summed E-state index contributed by atoms with van der Waals surface area (Å²) in [4.78, 5) is 8.67. The molecule has 2 unspecified atom stereocenters. The highest BCUT2D eigenvalue weighted by Gasteiger charge is 2.42. The minimum Gasteiger partial charge on any atom is -0.394 e. The number of hydrogen-bond acceptors (Lipinski definition) is 5. The van der Waals surface area contributed by atoms with Crippen molar-refractivity contribution >= 4 is 11.8 Å². The fourth-order valence-electron chi connectivity index (χ4n) is 3.33. The maximum absolute atomic E-state index is 9.89. The first-order chi connectivity index (χ1) is 10.1. The number of thioether (sulfide) groups is 1. The number of aliphatic hydroxyl groups is 1. The van der Waals surface area contributed by atoms with E-state index in [0.717, 1.165) is 29.3 Å². The van der Waals surface area contributed by atoms with Gasteiger partial charge in [-0.25, -0.2) is 9.97 Å². The lowest BCUT2D eigenvalue weighted by Crippen LogP contribution is -2.54. The van der Waals surface area contributed by atoms with E-state index in [0.29, 0.717) is 12.0 Å². The van der Waals surface area contributed by atoms with E-state index in [1.807, 2.05) is 19.3 Å². The van der Waals surface area contributed by atoms with Gasteiger partial charge in [0.15, 0.2) is 5.16 Å². The molecule has 0 radical (unpaired) electrons. The highest BCUT2D eigenvalue weighted by molar-refractivity contribution is 7.99. The van der Waals surface area contributed by atoms with Crippen molar-refractivity contribution in [1.29, 1.82) is 0 Å². The second-order valence-electron chi connectivity index (χ2n) is 6.38. The average molecular weight is 309 g/mol. The van der Waals surface area contributed by atoms with Gasteiger partial charge in [-0.05, 0) is 37.7 Å². The van der Waals surface area contributed by atoms with Crippen LogP contribution in [0.3, 0.4) is 0 Å². The van der Waals surface area contributed by atoms with Gasteiger partial charge in [0, 0.05) is 29.7 Å². The number of nitrogens with one attached hydrogen (secondary N) is 1. The molecule has 0 amide bonds. The number of nitrogens with zero attached hydrogens (tertiary/aromatic N) is 2.